The van der Waals surface area contributed by atoms with Gasteiger partial charge in [-0.2, -0.15) is 15.0 Å². The fraction of sp³-hybridized carbons (Fsp3) is 0.250. The van der Waals surface area contributed by atoms with Crippen molar-refractivity contribution in [1.29, 1.82) is 0 Å². The van der Waals surface area contributed by atoms with E-state index >= 15 is 0 Å². The standard InChI is InChI=1S/C12H14ClFN6O/c1-6(2)21-12-18-10(17-11(19-12)20-15)16-9-4-7(13)3-8(14)5-9/h3-6H,15H2,1-2H3,(H2,16,17,18,19,20). The lowest BCUT2D eigenvalue weighted by Gasteiger charge is -2.11. The van der Waals surface area contributed by atoms with Gasteiger partial charge in [0.05, 0.1) is 6.10 Å². The summed E-state index contributed by atoms with van der Waals surface area (Å²) in [5.74, 6) is 5.08. The number of nitrogens with two attached hydrogens (primary N) is 1. The second-order valence-corrected chi connectivity index (χ2v) is 4.80. The van der Waals surface area contributed by atoms with Gasteiger partial charge >= 0.3 is 6.01 Å². The number of aromatic nitrogens is 3. The minimum Gasteiger partial charge on any atom is -0.461 e. The van der Waals surface area contributed by atoms with Crippen LogP contribution in [0.5, 0.6) is 6.01 Å². The molecule has 0 saturated carbocycles. The zero-order valence-corrected chi connectivity index (χ0v) is 12.1. The molecule has 21 heavy (non-hydrogen) atoms. The number of anilines is 3. The van der Waals surface area contributed by atoms with E-state index in [1.165, 1.54) is 18.2 Å². The van der Waals surface area contributed by atoms with E-state index in [1.807, 2.05) is 13.8 Å². The Labute approximate surface area is 125 Å². The van der Waals surface area contributed by atoms with Gasteiger partial charge in [0.1, 0.15) is 5.82 Å². The van der Waals surface area contributed by atoms with Crippen LogP contribution in [-0.2, 0) is 0 Å². The monoisotopic (exact) mass is 312 g/mol. The summed E-state index contributed by atoms with van der Waals surface area (Å²) in [6.45, 7) is 3.66. The lowest BCUT2D eigenvalue weighted by molar-refractivity contribution is 0.222. The van der Waals surface area contributed by atoms with E-state index in [2.05, 4.69) is 25.7 Å². The van der Waals surface area contributed by atoms with Gasteiger partial charge in [0, 0.05) is 10.7 Å². The molecule has 0 bridgehead atoms. The molecule has 1 heterocycles. The van der Waals surface area contributed by atoms with E-state index in [0.29, 0.717) is 5.69 Å². The Balaban J connectivity index is 2.29. The van der Waals surface area contributed by atoms with Gasteiger partial charge in [-0.15, -0.1) is 0 Å². The third-order valence-electron chi connectivity index (χ3n) is 2.20. The van der Waals surface area contributed by atoms with Crippen LogP contribution in [0.15, 0.2) is 18.2 Å². The van der Waals surface area contributed by atoms with E-state index in [1.54, 1.807) is 0 Å². The zero-order chi connectivity index (χ0) is 15.4. The number of halogens is 2. The molecule has 0 aliphatic carbocycles. The molecule has 1 aromatic heterocycles. The van der Waals surface area contributed by atoms with Crippen molar-refractivity contribution in [2.75, 3.05) is 10.7 Å². The van der Waals surface area contributed by atoms with Crippen LogP contribution in [0.25, 0.3) is 0 Å². The SMILES string of the molecule is CC(C)Oc1nc(NN)nc(Nc2cc(F)cc(Cl)c2)n1. The molecule has 2 aromatic rings. The fourth-order valence-corrected chi connectivity index (χ4v) is 1.72. The van der Waals surface area contributed by atoms with E-state index in [0.717, 1.165) is 0 Å². The lowest BCUT2D eigenvalue weighted by Crippen LogP contribution is -2.15. The number of hydrogen-bond donors (Lipinski definition) is 3. The van der Waals surface area contributed by atoms with Crippen molar-refractivity contribution in [3.05, 3.63) is 29.0 Å². The van der Waals surface area contributed by atoms with E-state index in [-0.39, 0.29) is 29.0 Å². The number of benzene rings is 1. The summed E-state index contributed by atoms with van der Waals surface area (Å²) in [7, 11) is 0. The number of nitrogens with one attached hydrogen (secondary N) is 2. The molecule has 0 spiro atoms. The molecule has 0 unspecified atom stereocenters. The quantitative estimate of drug-likeness (QED) is 0.576. The molecule has 0 amide bonds. The van der Waals surface area contributed by atoms with Crippen LogP contribution in [0.1, 0.15) is 13.8 Å². The Morgan fingerprint density at radius 1 is 1.19 bits per heavy atom. The molecular weight excluding hydrogens is 299 g/mol. The van der Waals surface area contributed by atoms with Crippen molar-refractivity contribution in [1.82, 2.24) is 15.0 Å². The molecule has 9 heteroatoms. The van der Waals surface area contributed by atoms with Crippen molar-refractivity contribution in [3.8, 4) is 6.01 Å². The van der Waals surface area contributed by atoms with Crippen molar-refractivity contribution in [3.63, 3.8) is 0 Å². The normalized spacial score (nSPS) is 10.6. The Hall–Kier alpha value is -2.19. The summed E-state index contributed by atoms with van der Waals surface area (Å²) in [5.41, 5.74) is 2.70. The zero-order valence-electron chi connectivity index (χ0n) is 11.4. The number of ether oxygens (including phenoxy) is 1. The molecule has 112 valence electrons. The maximum Gasteiger partial charge on any atom is 0.323 e. The first-order valence-corrected chi connectivity index (χ1v) is 6.46. The lowest BCUT2D eigenvalue weighted by atomic mass is 10.3. The molecule has 0 aliphatic rings. The molecule has 7 nitrogen and oxygen atoms in total. The predicted octanol–water partition coefficient (Wildman–Crippen LogP) is 2.48. The number of hydrazine groups is 1. The summed E-state index contributed by atoms with van der Waals surface area (Å²) >= 11 is 5.78. The fourth-order valence-electron chi connectivity index (χ4n) is 1.50. The van der Waals surface area contributed by atoms with Crippen LogP contribution in [0.2, 0.25) is 5.02 Å². The molecule has 0 radical (unpaired) electrons. The average molecular weight is 313 g/mol. The van der Waals surface area contributed by atoms with Crippen molar-refractivity contribution in [2.24, 2.45) is 5.84 Å². The molecule has 1 aromatic carbocycles. The van der Waals surface area contributed by atoms with Crippen LogP contribution in [0, 0.1) is 5.82 Å². The van der Waals surface area contributed by atoms with E-state index in [9.17, 15) is 4.39 Å². The van der Waals surface area contributed by atoms with Gasteiger partial charge in [0.15, 0.2) is 0 Å². The first-order chi connectivity index (χ1) is 9.96. The topological polar surface area (TPSA) is 98.0 Å². The third kappa shape index (κ3) is 4.40. The molecule has 0 fully saturated rings. The molecule has 2 rings (SSSR count). The third-order valence-corrected chi connectivity index (χ3v) is 2.42. The molecular formula is C12H14ClFN6O. The minimum absolute atomic E-state index is 0.0953. The van der Waals surface area contributed by atoms with Crippen LogP contribution >= 0.6 is 11.6 Å². The number of rotatable bonds is 5. The van der Waals surface area contributed by atoms with Gasteiger partial charge in [-0.1, -0.05) is 11.6 Å². The highest BCUT2D eigenvalue weighted by Crippen LogP contribution is 2.21. The highest BCUT2D eigenvalue weighted by Gasteiger charge is 2.09. The van der Waals surface area contributed by atoms with Crippen LogP contribution in [0.4, 0.5) is 22.0 Å². The summed E-state index contributed by atoms with van der Waals surface area (Å²) in [4.78, 5) is 12.0. The second-order valence-electron chi connectivity index (χ2n) is 4.36. The second kappa shape index (κ2) is 6.51. The van der Waals surface area contributed by atoms with Gasteiger partial charge in [0.25, 0.3) is 0 Å². The Morgan fingerprint density at radius 3 is 2.52 bits per heavy atom. The van der Waals surface area contributed by atoms with Gasteiger partial charge < -0.3 is 10.1 Å². The van der Waals surface area contributed by atoms with Crippen LogP contribution in [0.3, 0.4) is 0 Å². The van der Waals surface area contributed by atoms with Crippen LogP contribution in [-0.4, -0.2) is 21.1 Å². The predicted molar refractivity (Wildman–Crippen MR) is 78.1 cm³/mol. The maximum atomic E-state index is 13.3. The Morgan fingerprint density at radius 2 is 1.90 bits per heavy atom. The van der Waals surface area contributed by atoms with Gasteiger partial charge in [-0.3, -0.25) is 5.43 Å². The minimum atomic E-state index is -0.477. The van der Waals surface area contributed by atoms with E-state index < -0.39 is 5.82 Å². The Kier molecular flexibility index (Phi) is 4.71. The van der Waals surface area contributed by atoms with Crippen molar-refractivity contribution in [2.45, 2.75) is 20.0 Å². The first-order valence-electron chi connectivity index (χ1n) is 6.08. The van der Waals surface area contributed by atoms with Crippen LogP contribution < -0.4 is 21.3 Å². The highest BCUT2D eigenvalue weighted by atomic mass is 35.5. The van der Waals surface area contributed by atoms with Gasteiger partial charge in [-0.25, -0.2) is 10.2 Å². The molecule has 4 N–H and O–H groups in total. The van der Waals surface area contributed by atoms with E-state index in [4.69, 9.17) is 22.2 Å². The summed E-state index contributed by atoms with van der Waals surface area (Å²) in [6.07, 6.45) is -0.116. The summed E-state index contributed by atoms with van der Waals surface area (Å²) < 4.78 is 18.7. The average Bonchev–Trinajstić information content (AvgIpc) is 2.36. The number of nitrogen functional groups attached to an aromatic ring is 1. The van der Waals surface area contributed by atoms with Crippen molar-refractivity contribution >= 4 is 29.2 Å². The molecule has 0 atom stereocenters. The van der Waals surface area contributed by atoms with Gasteiger partial charge in [0.2, 0.25) is 11.9 Å². The largest absolute Gasteiger partial charge is 0.461 e. The maximum absolute atomic E-state index is 13.3. The van der Waals surface area contributed by atoms with Gasteiger partial charge in [-0.05, 0) is 32.0 Å². The summed E-state index contributed by atoms with van der Waals surface area (Å²) in [6, 6.07) is 4.08. The molecule has 0 aliphatic heterocycles. The number of hydrogen-bond acceptors (Lipinski definition) is 7. The van der Waals surface area contributed by atoms with Crippen molar-refractivity contribution < 1.29 is 9.13 Å². The Bertz CT molecular complexity index is 619. The molecule has 0 saturated heterocycles. The first kappa shape index (κ1) is 15.2. The smallest absolute Gasteiger partial charge is 0.323 e. The highest BCUT2D eigenvalue weighted by molar-refractivity contribution is 6.30. The number of nitrogens with zero attached hydrogens (tertiary/aromatic N) is 3. The summed E-state index contributed by atoms with van der Waals surface area (Å²) in [5, 5.41) is 3.06.